The van der Waals surface area contributed by atoms with Crippen LogP contribution in [0.2, 0.25) is 0 Å². The van der Waals surface area contributed by atoms with Crippen LogP contribution in [0.5, 0.6) is 0 Å². The van der Waals surface area contributed by atoms with Crippen LogP contribution in [-0.2, 0) is 6.54 Å². The second-order valence-corrected chi connectivity index (χ2v) is 5.17. The molecule has 1 unspecified atom stereocenters. The summed E-state index contributed by atoms with van der Waals surface area (Å²) in [5, 5.41) is 4.96. The van der Waals surface area contributed by atoms with Gasteiger partial charge in [-0.2, -0.15) is 0 Å². The minimum Gasteiger partial charge on any atom is -0.346 e. The van der Waals surface area contributed by atoms with Crippen molar-refractivity contribution in [2.45, 2.75) is 46.2 Å². The fourth-order valence-electron chi connectivity index (χ4n) is 2.58. The summed E-state index contributed by atoms with van der Waals surface area (Å²) in [7, 11) is 0. The molecule has 0 spiro atoms. The molecule has 0 aliphatic rings. The number of aromatic nitrogens is 1. The van der Waals surface area contributed by atoms with E-state index < -0.39 is 0 Å². The molecule has 98 valence electrons. The highest BCUT2D eigenvalue weighted by Gasteiger charge is 2.04. The van der Waals surface area contributed by atoms with Gasteiger partial charge in [-0.1, -0.05) is 31.5 Å². The molecule has 2 nitrogen and oxygen atoms in total. The summed E-state index contributed by atoms with van der Waals surface area (Å²) in [6.45, 7) is 8.77. The van der Waals surface area contributed by atoms with Crippen LogP contribution in [-0.4, -0.2) is 17.2 Å². The maximum absolute atomic E-state index is 3.59. The van der Waals surface area contributed by atoms with Gasteiger partial charge in [0, 0.05) is 36.2 Å². The molecule has 1 heterocycles. The lowest BCUT2D eigenvalue weighted by atomic mass is 10.2. The van der Waals surface area contributed by atoms with Crippen LogP contribution in [0.15, 0.2) is 30.5 Å². The standard InChI is InChI=1S/C16H24N2/c1-4-7-14(3)17-10-11-18-12-13(2)15-8-5-6-9-16(15)18/h5-6,8-9,12,14,17H,4,7,10-11H2,1-3H3. The first-order valence-corrected chi connectivity index (χ1v) is 7.00. The van der Waals surface area contributed by atoms with E-state index in [1.54, 1.807) is 0 Å². The molecule has 0 fully saturated rings. The molecule has 1 aromatic carbocycles. The van der Waals surface area contributed by atoms with E-state index in [0.29, 0.717) is 6.04 Å². The number of nitrogens with one attached hydrogen (secondary N) is 1. The van der Waals surface area contributed by atoms with Crippen molar-refractivity contribution in [1.29, 1.82) is 0 Å². The van der Waals surface area contributed by atoms with Crippen LogP contribution in [0.1, 0.15) is 32.3 Å². The van der Waals surface area contributed by atoms with Gasteiger partial charge in [0.25, 0.3) is 0 Å². The number of aryl methyl sites for hydroxylation is 1. The van der Waals surface area contributed by atoms with E-state index in [2.05, 4.69) is 61.1 Å². The zero-order chi connectivity index (χ0) is 13.0. The first-order chi connectivity index (χ1) is 8.72. The Morgan fingerprint density at radius 2 is 2.06 bits per heavy atom. The Kier molecular flexibility index (Phi) is 4.43. The Morgan fingerprint density at radius 3 is 2.83 bits per heavy atom. The monoisotopic (exact) mass is 244 g/mol. The molecule has 0 bridgehead atoms. The van der Waals surface area contributed by atoms with Crippen molar-refractivity contribution in [3.05, 3.63) is 36.0 Å². The Balaban J connectivity index is 2.00. The predicted molar refractivity (Wildman–Crippen MR) is 79.0 cm³/mol. The second kappa shape index (κ2) is 6.05. The molecule has 0 amide bonds. The van der Waals surface area contributed by atoms with E-state index in [9.17, 15) is 0 Å². The van der Waals surface area contributed by atoms with Gasteiger partial charge in [0.1, 0.15) is 0 Å². The summed E-state index contributed by atoms with van der Waals surface area (Å²) in [4.78, 5) is 0. The van der Waals surface area contributed by atoms with Gasteiger partial charge in [-0.15, -0.1) is 0 Å². The normalized spacial score (nSPS) is 13.1. The molecule has 18 heavy (non-hydrogen) atoms. The van der Waals surface area contributed by atoms with Gasteiger partial charge < -0.3 is 9.88 Å². The van der Waals surface area contributed by atoms with Crippen LogP contribution in [0.4, 0.5) is 0 Å². The minimum absolute atomic E-state index is 0.623. The van der Waals surface area contributed by atoms with Crippen molar-refractivity contribution in [1.82, 2.24) is 9.88 Å². The Morgan fingerprint density at radius 1 is 1.28 bits per heavy atom. The average Bonchev–Trinajstić information content (AvgIpc) is 2.68. The third-order valence-corrected chi connectivity index (χ3v) is 3.55. The number of hydrogen-bond acceptors (Lipinski definition) is 1. The zero-order valence-corrected chi connectivity index (χ0v) is 11.7. The molecule has 2 aromatic rings. The highest BCUT2D eigenvalue weighted by molar-refractivity contribution is 5.83. The molecule has 0 saturated heterocycles. The highest BCUT2D eigenvalue weighted by Crippen LogP contribution is 2.19. The first-order valence-electron chi connectivity index (χ1n) is 7.00. The van der Waals surface area contributed by atoms with Crippen molar-refractivity contribution < 1.29 is 0 Å². The van der Waals surface area contributed by atoms with Gasteiger partial charge >= 0.3 is 0 Å². The van der Waals surface area contributed by atoms with Gasteiger partial charge in [-0.3, -0.25) is 0 Å². The van der Waals surface area contributed by atoms with Crippen LogP contribution in [0.25, 0.3) is 10.9 Å². The molecule has 1 N–H and O–H groups in total. The van der Waals surface area contributed by atoms with Gasteiger partial charge in [0.05, 0.1) is 0 Å². The quantitative estimate of drug-likeness (QED) is 0.819. The largest absolute Gasteiger partial charge is 0.346 e. The molecular formula is C16H24N2. The number of rotatable bonds is 6. The molecule has 1 atom stereocenters. The van der Waals surface area contributed by atoms with E-state index in [1.165, 1.54) is 29.3 Å². The third kappa shape index (κ3) is 2.94. The van der Waals surface area contributed by atoms with E-state index in [1.807, 2.05) is 0 Å². The topological polar surface area (TPSA) is 17.0 Å². The van der Waals surface area contributed by atoms with Gasteiger partial charge in [0.2, 0.25) is 0 Å². The number of para-hydroxylation sites is 1. The van der Waals surface area contributed by atoms with Crippen molar-refractivity contribution in [3.63, 3.8) is 0 Å². The van der Waals surface area contributed by atoms with Gasteiger partial charge in [-0.05, 0) is 31.9 Å². The van der Waals surface area contributed by atoms with Crippen molar-refractivity contribution >= 4 is 10.9 Å². The Labute approximate surface area is 110 Å². The Bertz CT molecular complexity index is 499. The minimum atomic E-state index is 0.623. The number of fused-ring (bicyclic) bond motifs is 1. The summed E-state index contributed by atoms with van der Waals surface area (Å²) in [5.74, 6) is 0. The molecule has 2 rings (SSSR count). The summed E-state index contributed by atoms with van der Waals surface area (Å²) < 4.78 is 2.36. The fourth-order valence-corrected chi connectivity index (χ4v) is 2.58. The molecule has 0 saturated carbocycles. The first kappa shape index (κ1) is 13.2. The zero-order valence-electron chi connectivity index (χ0n) is 11.7. The SMILES string of the molecule is CCCC(C)NCCn1cc(C)c2ccccc21. The van der Waals surface area contributed by atoms with E-state index in [4.69, 9.17) is 0 Å². The Hall–Kier alpha value is -1.28. The van der Waals surface area contributed by atoms with Crippen molar-refractivity contribution in [2.24, 2.45) is 0 Å². The maximum Gasteiger partial charge on any atom is 0.0483 e. The molecule has 1 aromatic heterocycles. The van der Waals surface area contributed by atoms with Crippen molar-refractivity contribution in [2.75, 3.05) is 6.54 Å². The molecule has 0 aliphatic carbocycles. The highest BCUT2D eigenvalue weighted by atomic mass is 15.0. The van der Waals surface area contributed by atoms with E-state index in [0.717, 1.165) is 13.1 Å². The summed E-state index contributed by atoms with van der Waals surface area (Å²) in [5.41, 5.74) is 2.71. The summed E-state index contributed by atoms with van der Waals surface area (Å²) in [6, 6.07) is 9.26. The van der Waals surface area contributed by atoms with Crippen LogP contribution >= 0.6 is 0 Å². The molecular weight excluding hydrogens is 220 g/mol. The fraction of sp³-hybridized carbons (Fsp3) is 0.500. The number of benzene rings is 1. The summed E-state index contributed by atoms with van der Waals surface area (Å²) >= 11 is 0. The summed E-state index contributed by atoms with van der Waals surface area (Å²) in [6.07, 6.45) is 4.77. The number of hydrogen-bond donors (Lipinski definition) is 1. The maximum atomic E-state index is 3.59. The lowest BCUT2D eigenvalue weighted by Crippen LogP contribution is -2.29. The third-order valence-electron chi connectivity index (χ3n) is 3.55. The molecule has 2 heteroatoms. The second-order valence-electron chi connectivity index (χ2n) is 5.17. The lowest BCUT2D eigenvalue weighted by molar-refractivity contribution is 0.489. The van der Waals surface area contributed by atoms with E-state index in [-0.39, 0.29) is 0 Å². The molecule has 0 radical (unpaired) electrons. The lowest BCUT2D eigenvalue weighted by Gasteiger charge is -2.13. The average molecular weight is 244 g/mol. The smallest absolute Gasteiger partial charge is 0.0483 e. The van der Waals surface area contributed by atoms with Gasteiger partial charge in [0.15, 0.2) is 0 Å². The van der Waals surface area contributed by atoms with Crippen LogP contribution in [0.3, 0.4) is 0 Å². The van der Waals surface area contributed by atoms with Crippen LogP contribution in [0, 0.1) is 6.92 Å². The van der Waals surface area contributed by atoms with E-state index >= 15 is 0 Å². The predicted octanol–water partition coefficient (Wildman–Crippen LogP) is 3.73. The molecule has 0 aliphatic heterocycles. The van der Waals surface area contributed by atoms with Crippen LogP contribution < -0.4 is 5.32 Å². The number of nitrogens with zero attached hydrogens (tertiary/aromatic N) is 1. The van der Waals surface area contributed by atoms with Gasteiger partial charge in [-0.25, -0.2) is 0 Å². The van der Waals surface area contributed by atoms with Crippen molar-refractivity contribution in [3.8, 4) is 0 Å².